The molecule has 1 N–H and O–H groups in total. The molecule has 0 saturated heterocycles. The van der Waals surface area contributed by atoms with Crippen molar-refractivity contribution in [3.63, 3.8) is 0 Å². The predicted molar refractivity (Wildman–Crippen MR) is 100 cm³/mol. The highest BCUT2D eigenvalue weighted by atomic mass is 79.9. The van der Waals surface area contributed by atoms with Crippen molar-refractivity contribution < 1.29 is 4.74 Å². The lowest BCUT2D eigenvalue weighted by atomic mass is 10.3. The summed E-state index contributed by atoms with van der Waals surface area (Å²) in [4.78, 5) is 11.2. The van der Waals surface area contributed by atoms with E-state index >= 15 is 0 Å². The SMILES string of the molecule is CCNC(=NCc1cccc(OC)n1)N(C)Cc1cc(Br)cn1C. The van der Waals surface area contributed by atoms with Gasteiger partial charge >= 0.3 is 0 Å². The fourth-order valence-corrected chi connectivity index (χ4v) is 2.90. The first-order valence-electron chi connectivity index (χ1n) is 7.83. The first-order valence-corrected chi connectivity index (χ1v) is 8.63. The van der Waals surface area contributed by atoms with Crippen LogP contribution in [0.25, 0.3) is 0 Å². The maximum Gasteiger partial charge on any atom is 0.213 e. The van der Waals surface area contributed by atoms with E-state index in [0.29, 0.717) is 12.4 Å². The fraction of sp³-hybridized carbons (Fsp3) is 0.412. The van der Waals surface area contributed by atoms with Crippen molar-refractivity contribution >= 4 is 21.9 Å². The van der Waals surface area contributed by atoms with Gasteiger partial charge in [-0.15, -0.1) is 0 Å². The Morgan fingerprint density at radius 3 is 2.88 bits per heavy atom. The van der Waals surface area contributed by atoms with E-state index in [9.17, 15) is 0 Å². The first-order chi connectivity index (χ1) is 11.5. The predicted octanol–water partition coefficient (Wildman–Crippen LogP) is 2.79. The number of halogens is 1. The molecule has 130 valence electrons. The standard InChI is InChI=1S/C17H24BrN5O/c1-5-19-17(20-10-14-7-6-8-16(21-14)24-4)23(3)12-15-9-13(18)11-22(15)2/h6-9,11H,5,10,12H2,1-4H3,(H,19,20). The van der Waals surface area contributed by atoms with Crippen molar-refractivity contribution in [3.05, 3.63) is 46.3 Å². The van der Waals surface area contributed by atoms with Crippen LogP contribution < -0.4 is 10.1 Å². The number of aliphatic imine (C=N–C) groups is 1. The van der Waals surface area contributed by atoms with Crippen molar-refractivity contribution in [2.24, 2.45) is 12.0 Å². The van der Waals surface area contributed by atoms with Crippen molar-refractivity contribution in [2.45, 2.75) is 20.0 Å². The molecule has 2 aromatic heterocycles. The Morgan fingerprint density at radius 1 is 1.46 bits per heavy atom. The maximum atomic E-state index is 5.16. The molecule has 0 fully saturated rings. The number of nitrogens with zero attached hydrogens (tertiary/aromatic N) is 4. The second kappa shape index (κ2) is 8.73. The van der Waals surface area contributed by atoms with Gasteiger partial charge in [0.15, 0.2) is 5.96 Å². The molecule has 24 heavy (non-hydrogen) atoms. The van der Waals surface area contributed by atoms with Crippen LogP contribution in [0, 0.1) is 0 Å². The monoisotopic (exact) mass is 393 g/mol. The lowest BCUT2D eigenvalue weighted by Crippen LogP contribution is -2.38. The van der Waals surface area contributed by atoms with Gasteiger partial charge in [-0.25, -0.2) is 9.98 Å². The number of aryl methyl sites for hydroxylation is 1. The molecule has 0 unspecified atom stereocenters. The molecule has 2 rings (SSSR count). The van der Waals surface area contributed by atoms with Crippen molar-refractivity contribution in [3.8, 4) is 5.88 Å². The third kappa shape index (κ3) is 4.99. The van der Waals surface area contributed by atoms with Crippen molar-refractivity contribution in [2.75, 3.05) is 20.7 Å². The normalized spacial score (nSPS) is 11.5. The highest BCUT2D eigenvalue weighted by Crippen LogP contribution is 2.15. The molecule has 0 aromatic carbocycles. The third-order valence-corrected chi connectivity index (χ3v) is 3.98. The van der Waals surface area contributed by atoms with Crippen molar-refractivity contribution in [1.29, 1.82) is 0 Å². The van der Waals surface area contributed by atoms with Crippen LogP contribution in [0.15, 0.2) is 39.9 Å². The summed E-state index contributed by atoms with van der Waals surface area (Å²) in [5, 5.41) is 3.32. The van der Waals surface area contributed by atoms with Gasteiger partial charge in [0.25, 0.3) is 0 Å². The van der Waals surface area contributed by atoms with Crippen LogP contribution in [0.5, 0.6) is 5.88 Å². The van der Waals surface area contributed by atoms with Gasteiger partial charge in [0.1, 0.15) is 0 Å². The van der Waals surface area contributed by atoms with E-state index in [-0.39, 0.29) is 0 Å². The molecule has 2 heterocycles. The van der Waals surface area contributed by atoms with Crippen LogP contribution in [0.4, 0.5) is 0 Å². The molecular formula is C17H24BrN5O. The molecule has 0 atom stereocenters. The third-order valence-electron chi connectivity index (χ3n) is 3.55. The summed E-state index contributed by atoms with van der Waals surface area (Å²) in [5.74, 6) is 1.45. The average molecular weight is 394 g/mol. The minimum absolute atomic E-state index is 0.501. The van der Waals surface area contributed by atoms with Gasteiger partial charge in [0, 0.05) is 43.1 Å². The number of nitrogens with one attached hydrogen (secondary N) is 1. The van der Waals surface area contributed by atoms with E-state index in [1.165, 1.54) is 5.69 Å². The summed E-state index contributed by atoms with van der Waals surface area (Å²) in [7, 11) is 5.69. The summed E-state index contributed by atoms with van der Waals surface area (Å²) in [6.45, 7) is 4.14. The molecule has 0 bridgehead atoms. The van der Waals surface area contributed by atoms with Crippen LogP contribution >= 0.6 is 15.9 Å². The molecule has 7 heteroatoms. The zero-order valence-electron chi connectivity index (χ0n) is 14.6. The number of rotatable bonds is 6. The Kier molecular flexibility index (Phi) is 6.66. The van der Waals surface area contributed by atoms with Gasteiger partial charge in [-0.1, -0.05) is 6.07 Å². The van der Waals surface area contributed by atoms with Gasteiger partial charge in [-0.3, -0.25) is 0 Å². The molecule has 0 spiro atoms. The van der Waals surface area contributed by atoms with E-state index in [4.69, 9.17) is 4.74 Å². The Bertz CT molecular complexity index is 698. The molecular weight excluding hydrogens is 370 g/mol. The molecule has 0 aliphatic carbocycles. The zero-order chi connectivity index (χ0) is 17.5. The maximum absolute atomic E-state index is 5.16. The largest absolute Gasteiger partial charge is 0.481 e. The lowest BCUT2D eigenvalue weighted by molar-refractivity contribution is 0.396. The fourth-order valence-electron chi connectivity index (χ4n) is 2.33. The topological polar surface area (TPSA) is 54.7 Å². The van der Waals surface area contributed by atoms with Gasteiger partial charge in [0.2, 0.25) is 5.88 Å². The van der Waals surface area contributed by atoms with Crippen LogP contribution in [-0.4, -0.2) is 41.1 Å². The van der Waals surface area contributed by atoms with Gasteiger partial charge in [-0.05, 0) is 35.0 Å². The molecule has 0 radical (unpaired) electrons. The minimum atomic E-state index is 0.501. The average Bonchev–Trinajstić information content (AvgIpc) is 2.88. The molecule has 2 aromatic rings. The highest BCUT2D eigenvalue weighted by molar-refractivity contribution is 9.10. The van der Waals surface area contributed by atoms with Crippen LogP contribution in [0.3, 0.4) is 0 Å². The first kappa shape index (κ1) is 18.3. The summed E-state index contributed by atoms with van der Waals surface area (Å²) >= 11 is 3.51. The van der Waals surface area contributed by atoms with Crippen LogP contribution in [-0.2, 0) is 20.1 Å². The highest BCUT2D eigenvalue weighted by Gasteiger charge is 2.10. The molecule has 0 aliphatic heterocycles. The molecule has 0 aliphatic rings. The summed E-state index contributed by atoms with van der Waals surface area (Å²) < 4.78 is 8.34. The number of hydrogen-bond donors (Lipinski definition) is 1. The van der Waals surface area contributed by atoms with Gasteiger partial charge < -0.3 is 19.5 Å². The Morgan fingerprint density at radius 2 is 2.25 bits per heavy atom. The second-order valence-electron chi connectivity index (χ2n) is 5.46. The number of methoxy groups -OCH3 is 1. The van der Waals surface area contributed by atoms with Crippen molar-refractivity contribution in [1.82, 2.24) is 19.8 Å². The summed E-state index contributed by atoms with van der Waals surface area (Å²) in [6, 6.07) is 7.82. The number of hydrogen-bond acceptors (Lipinski definition) is 3. The van der Waals surface area contributed by atoms with Gasteiger partial charge in [0.05, 0.1) is 25.9 Å². The van der Waals surface area contributed by atoms with E-state index in [1.54, 1.807) is 7.11 Å². The Labute approximate surface area is 151 Å². The van der Waals surface area contributed by atoms with E-state index in [1.807, 2.05) is 38.5 Å². The summed E-state index contributed by atoms with van der Waals surface area (Å²) in [6.07, 6.45) is 2.05. The summed E-state index contributed by atoms with van der Waals surface area (Å²) in [5.41, 5.74) is 2.08. The van der Waals surface area contributed by atoms with Gasteiger partial charge in [-0.2, -0.15) is 0 Å². The number of pyridine rings is 1. The quantitative estimate of drug-likeness (QED) is 0.605. The second-order valence-corrected chi connectivity index (χ2v) is 6.37. The van der Waals surface area contributed by atoms with Crippen LogP contribution in [0.1, 0.15) is 18.3 Å². The van der Waals surface area contributed by atoms with E-state index in [0.717, 1.165) is 29.2 Å². The molecule has 0 amide bonds. The Balaban J connectivity index is 2.10. The van der Waals surface area contributed by atoms with E-state index < -0.39 is 0 Å². The van der Waals surface area contributed by atoms with E-state index in [2.05, 4.69) is 53.7 Å². The van der Waals surface area contributed by atoms with Crippen LogP contribution in [0.2, 0.25) is 0 Å². The lowest BCUT2D eigenvalue weighted by Gasteiger charge is -2.22. The number of aromatic nitrogens is 2. The minimum Gasteiger partial charge on any atom is -0.481 e. The molecule has 6 nitrogen and oxygen atoms in total. The number of guanidine groups is 1. The number of ether oxygens (including phenoxy) is 1. The molecule has 0 saturated carbocycles. The zero-order valence-corrected chi connectivity index (χ0v) is 16.2. The smallest absolute Gasteiger partial charge is 0.213 e. The Hall–Kier alpha value is -2.02.